The van der Waals surface area contributed by atoms with Crippen LogP contribution in [0.5, 0.6) is 0 Å². The molecule has 0 aromatic heterocycles. The number of anilines is 1. The quantitative estimate of drug-likeness (QED) is 0.853. The zero-order chi connectivity index (χ0) is 16.8. The van der Waals surface area contributed by atoms with E-state index in [1.807, 2.05) is 56.3 Å². The molecule has 23 heavy (non-hydrogen) atoms. The van der Waals surface area contributed by atoms with Crippen LogP contribution in [0, 0.1) is 13.8 Å². The Bertz CT molecular complexity index is 686. The fraction of sp³-hybridized carbons (Fsp3) is 0.263. The van der Waals surface area contributed by atoms with Crippen molar-refractivity contribution >= 4 is 17.5 Å². The van der Waals surface area contributed by atoms with Gasteiger partial charge in [0.2, 0.25) is 0 Å². The molecule has 0 spiro atoms. The van der Waals surface area contributed by atoms with E-state index in [9.17, 15) is 9.59 Å². The van der Waals surface area contributed by atoms with E-state index in [1.165, 1.54) is 5.56 Å². The van der Waals surface area contributed by atoms with Crippen molar-refractivity contribution in [1.82, 2.24) is 5.32 Å². The lowest BCUT2D eigenvalue weighted by Crippen LogP contribution is -2.35. The standard InChI is InChI=1S/C19H22N2O2/c1-4-15-5-7-16(8-6-15)12-20-18(22)19(23)21-17-10-13(2)9-14(3)11-17/h5-11H,4,12H2,1-3H3,(H,20,22)(H,21,23). The molecule has 0 radical (unpaired) electrons. The largest absolute Gasteiger partial charge is 0.344 e. The van der Waals surface area contributed by atoms with E-state index in [1.54, 1.807) is 0 Å². The molecule has 0 heterocycles. The number of hydrogen-bond acceptors (Lipinski definition) is 2. The van der Waals surface area contributed by atoms with Crippen molar-refractivity contribution in [2.24, 2.45) is 0 Å². The van der Waals surface area contributed by atoms with Crippen molar-refractivity contribution < 1.29 is 9.59 Å². The molecular formula is C19H22N2O2. The number of benzene rings is 2. The first kappa shape index (κ1) is 16.7. The molecule has 0 aliphatic rings. The smallest absolute Gasteiger partial charge is 0.313 e. The van der Waals surface area contributed by atoms with Gasteiger partial charge in [-0.3, -0.25) is 9.59 Å². The summed E-state index contributed by atoms with van der Waals surface area (Å²) in [5.74, 6) is -1.29. The van der Waals surface area contributed by atoms with Crippen LogP contribution < -0.4 is 10.6 Å². The summed E-state index contributed by atoms with van der Waals surface area (Å²) < 4.78 is 0. The maximum Gasteiger partial charge on any atom is 0.313 e. The zero-order valence-electron chi connectivity index (χ0n) is 13.8. The minimum Gasteiger partial charge on any atom is -0.344 e. The average molecular weight is 310 g/mol. The molecule has 2 N–H and O–H groups in total. The van der Waals surface area contributed by atoms with Gasteiger partial charge in [0.1, 0.15) is 0 Å². The highest BCUT2D eigenvalue weighted by Gasteiger charge is 2.13. The van der Waals surface area contributed by atoms with Crippen LogP contribution in [0.15, 0.2) is 42.5 Å². The van der Waals surface area contributed by atoms with Crippen LogP contribution in [-0.2, 0) is 22.6 Å². The van der Waals surface area contributed by atoms with E-state index < -0.39 is 11.8 Å². The minimum atomic E-state index is -0.653. The van der Waals surface area contributed by atoms with E-state index in [4.69, 9.17) is 0 Å². The Morgan fingerprint density at radius 1 is 0.870 bits per heavy atom. The normalized spacial score (nSPS) is 10.2. The molecule has 120 valence electrons. The molecule has 0 atom stereocenters. The summed E-state index contributed by atoms with van der Waals surface area (Å²) in [6.45, 7) is 6.32. The van der Waals surface area contributed by atoms with Gasteiger partial charge in [-0.2, -0.15) is 0 Å². The van der Waals surface area contributed by atoms with Gasteiger partial charge < -0.3 is 10.6 Å². The van der Waals surface area contributed by atoms with Crippen LogP contribution in [0.3, 0.4) is 0 Å². The molecule has 0 aliphatic carbocycles. The predicted molar refractivity (Wildman–Crippen MR) is 92.2 cm³/mol. The van der Waals surface area contributed by atoms with Crippen molar-refractivity contribution in [2.75, 3.05) is 5.32 Å². The van der Waals surface area contributed by atoms with Crippen molar-refractivity contribution in [2.45, 2.75) is 33.7 Å². The molecule has 0 bridgehead atoms. The Hall–Kier alpha value is -2.62. The van der Waals surface area contributed by atoms with Gasteiger partial charge in [0.05, 0.1) is 0 Å². The molecule has 2 aromatic carbocycles. The Balaban J connectivity index is 1.90. The van der Waals surface area contributed by atoms with Crippen molar-refractivity contribution in [3.8, 4) is 0 Å². The minimum absolute atomic E-state index is 0.336. The monoisotopic (exact) mass is 310 g/mol. The molecule has 2 rings (SSSR count). The Labute approximate surface area is 136 Å². The number of carbonyl (C=O) groups excluding carboxylic acids is 2. The summed E-state index contributed by atoms with van der Waals surface area (Å²) in [6.07, 6.45) is 0.977. The maximum atomic E-state index is 11.9. The van der Waals surface area contributed by atoms with Crippen LogP contribution in [0.2, 0.25) is 0 Å². The summed E-state index contributed by atoms with van der Waals surface area (Å²) in [5, 5.41) is 5.26. The number of rotatable bonds is 4. The highest BCUT2D eigenvalue weighted by Crippen LogP contribution is 2.13. The fourth-order valence-electron chi connectivity index (χ4n) is 2.39. The lowest BCUT2D eigenvalue weighted by molar-refractivity contribution is -0.136. The molecule has 2 amide bonds. The second-order valence-electron chi connectivity index (χ2n) is 5.68. The highest BCUT2D eigenvalue weighted by molar-refractivity contribution is 6.39. The van der Waals surface area contributed by atoms with Gasteiger partial charge in [0.25, 0.3) is 0 Å². The number of aryl methyl sites for hydroxylation is 3. The van der Waals surface area contributed by atoms with E-state index in [0.717, 1.165) is 23.1 Å². The number of hydrogen-bond donors (Lipinski definition) is 2. The summed E-state index contributed by atoms with van der Waals surface area (Å²) in [7, 11) is 0. The van der Waals surface area contributed by atoms with Gasteiger partial charge in [0.15, 0.2) is 0 Å². The van der Waals surface area contributed by atoms with Crippen LogP contribution in [-0.4, -0.2) is 11.8 Å². The lowest BCUT2D eigenvalue weighted by atomic mass is 10.1. The van der Waals surface area contributed by atoms with E-state index in [-0.39, 0.29) is 0 Å². The number of amides is 2. The van der Waals surface area contributed by atoms with Gasteiger partial charge in [-0.1, -0.05) is 37.3 Å². The number of carbonyl (C=O) groups is 2. The van der Waals surface area contributed by atoms with E-state index in [2.05, 4.69) is 17.6 Å². The first-order chi connectivity index (χ1) is 11.0. The van der Waals surface area contributed by atoms with Gasteiger partial charge in [-0.05, 0) is 54.7 Å². The van der Waals surface area contributed by atoms with Gasteiger partial charge in [-0.15, -0.1) is 0 Å². The van der Waals surface area contributed by atoms with Crippen LogP contribution in [0.25, 0.3) is 0 Å². The maximum absolute atomic E-state index is 11.9. The van der Waals surface area contributed by atoms with Crippen LogP contribution >= 0.6 is 0 Å². The molecule has 2 aromatic rings. The predicted octanol–water partition coefficient (Wildman–Crippen LogP) is 3.12. The SMILES string of the molecule is CCc1ccc(CNC(=O)C(=O)Nc2cc(C)cc(C)c2)cc1. The average Bonchev–Trinajstić information content (AvgIpc) is 2.52. The van der Waals surface area contributed by atoms with Crippen molar-refractivity contribution in [1.29, 1.82) is 0 Å². The summed E-state index contributed by atoms with van der Waals surface area (Å²) in [5.41, 5.74) is 4.92. The fourth-order valence-corrected chi connectivity index (χ4v) is 2.39. The van der Waals surface area contributed by atoms with Gasteiger partial charge in [0, 0.05) is 12.2 Å². The van der Waals surface area contributed by atoms with Gasteiger partial charge >= 0.3 is 11.8 Å². The van der Waals surface area contributed by atoms with E-state index in [0.29, 0.717) is 12.2 Å². The third-order valence-electron chi connectivity index (χ3n) is 3.57. The number of nitrogens with one attached hydrogen (secondary N) is 2. The molecule has 0 unspecified atom stereocenters. The zero-order valence-corrected chi connectivity index (χ0v) is 13.8. The second kappa shape index (κ2) is 7.58. The lowest BCUT2D eigenvalue weighted by Gasteiger charge is -2.08. The third-order valence-corrected chi connectivity index (χ3v) is 3.57. The molecule has 4 heteroatoms. The molecule has 0 aliphatic heterocycles. The summed E-state index contributed by atoms with van der Waals surface area (Å²) in [6, 6.07) is 13.6. The highest BCUT2D eigenvalue weighted by atomic mass is 16.2. The Morgan fingerprint density at radius 3 is 2.00 bits per heavy atom. The van der Waals surface area contributed by atoms with E-state index >= 15 is 0 Å². The van der Waals surface area contributed by atoms with Crippen molar-refractivity contribution in [3.63, 3.8) is 0 Å². The topological polar surface area (TPSA) is 58.2 Å². The Kier molecular flexibility index (Phi) is 5.52. The molecule has 4 nitrogen and oxygen atoms in total. The molecular weight excluding hydrogens is 288 g/mol. The van der Waals surface area contributed by atoms with Crippen LogP contribution in [0.1, 0.15) is 29.2 Å². The third kappa shape index (κ3) is 4.95. The molecule has 0 saturated carbocycles. The molecule has 0 saturated heterocycles. The Morgan fingerprint density at radius 2 is 1.43 bits per heavy atom. The molecule has 0 fully saturated rings. The second-order valence-corrected chi connectivity index (χ2v) is 5.68. The van der Waals surface area contributed by atoms with Crippen molar-refractivity contribution in [3.05, 3.63) is 64.7 Å². The summed E-state index contributed by atoms with van der Waals surface area (Å²) in [4.78, 5) is 23.8. The summed E-state index contributed by atoms with van der Waals surface area (Å²) >= 11 is 0. The first-order valence-electron chi connectivity index (χ1n) is 7.73. The first-order valence-corrected chi connectivity index (χ1v) is 7.73. The van der Waals surface area contributed by atoms with Crippen LogP contribution in [0.4, 0.5) is 5.69 Å². The van der Waals surface area contributed by atoms with Gasteiger partial charge in [-0.25, -0.2) is 0 Å².